The van der Waals surface area contributed by atoms with Gasteiger partial charge in [-0.2, -0.15) is 0 Å². The number of hydrogen-bond donors (Lipinski definition) is 0. The number of unbranched alkanes of at least 4 members (excludes halogenated alkanes) is 4. The molecule has 4 aliphatic rings. The van der Waals surface area contributed by atoms with Crippen LogP contribution in [0.4, 0.5) is 0 Å². The Morgan fingerprint density at radius 2 is 0.584 bits per heavy atom. The Morgan fingerprint density at radius 3 is 0.818 bits per heavy atom. The van der Waals surface area contributed by atoms with Gasteiger partial charge in [-0.3, -0.25) is 19.2 Å². The third-order valence-electron chi connectivity index (χ3n) is 16.6. The Hall–Kier alpha value is -4.66. The third kappa shape index (κ3) is 11.5. The summed E-state index contributed by atoms with van der Waals surface area (Å²) < 4.78 is 0. The summed E-state index contributed by atoms with van der Waals surface area (Å²) in [5.74, 6) is 1.13. The van der Waals surface area contributed by atoms with Gasteiger partial charge in [-0.25, -0.2) is 0 Å². The number of hydrogen-bond acceptors (Lipinski definition) is 9. The van der Waals surface area contributed by atoms with Crippen molar-refractivity contribution >= 4 is 103 Å². The molecule has 0 aliphatic carbocycles. The zero-order valence-corrected chi connectivity index (χ0v) is 50.9. The summed E-state index contributed by atoms with van der Waals surface area (Å²) in [6.45, 7) is 20.1. The highest BCUT2D eigenvalue weighted by Crippen LogP contribution is 2.53. The van der Waals surface area contributed by atoms with E-state index in [1.54, 1.807) is 56.7 Å². The van der Waals surface area contributed by atoms with Crippen molar-refractivity contribution in [3.8, 4) is 19.5 Å². The van der Waals surface area contributed by atoms with Crippen LogP contribution in [0.3, 0.4) is 0 Å². The number of thiophene rings is 5. The van der Waals surface area contributed by atoms with Gasteiger partial charge in [-0.15, -0.1) is 56.7 Å². The number of nitrogens with zero attached hydrogens (tertiary/aromatic N) is 4. The van der Waals surface area contributed by atoms with Crippen molar-refractivity contribution < 1.29 is 19.2 Å². The second-order valence-corrected chi connectivity index (χ2v) is 26.8. The Labute approximate surface area is 479 Å². The minimum absolute atomic E-state index is 0.0492. The molecular weight excluding hydrogens is 1050 g/mol. The largest absolute Gasteiger partial charge is 0.306 e. The summed E-state index contributed by atoms with van der Waals surface area (Å²) in [5.41, 5.74) is 5.40. The summed E-state index contributed by atoms with van der Waals surface area (Å²) in [6.07, 6.45) is 16.9. The summed E-state index contributed by atoms with van der Waals surface area (Å²) in [6, 6.07) is 21.1. The zero-order valence-electron chi connectivity index (χ0n) is 46.8. The van der Waals surface area contributed by atoms with Gasteiger partial charge < -0.3 is 19.6 Å². The van der Waals surface area contributed by atoms with Gasteiger partial charge in [-0.1, -0.05) is 145 Å². The highest BCUT2D eigenvalue weighted by atomic mass is 32.1. The molecule has 4 atom stereocenters. The number of amides is 4. The predicted octanol–water partition coefficient (Wildman–Crippen LogP) is 17.8. The summed E-state index contributed by atoms with van der Waals surface area (Å²) in [5, 5.41) is 4.09. The SMILES string of the molecule is CCCCC(CC)CN1C(=O)C2=C(c3ccc(-c4ccc(-c5ccc(C6=C7C(=O)N(CC(CC)CCCC)C(c8cccs8)=C7C(=O)N6CC(CC)CCCC)s5)s4)s3)N(CC(CC)CCCC)C(=O)C2=C1c1cccs1. The van der Waals surface area contributed by atoms with Crippen LogP contribution in [0.15, 0.2) is 93.7 Å². The van der Waals surface area contributed by atoms with Gasteiger partial charge in [0, 0.05) is 45.7 Å². The topological polar surface area (TPSA) is 81.2 Å². The van der Waals surface area contributed by atoms with Gasteiger partial charge in [-0.05, 0) is 109 Å². The van der Waals surface area contributed by atoms with E-state index in [0.29, 0.717) is 72.1 Å². The molecule has 0 fully saturated rings. The van der Waals surface area contributed by atoms with Crippen LogP contribution in [0.25, 0.3) is 42.3 Å². The molecule has 0 bridgehead atoms. The summed E-state index contributed by atoms with van der Waals surface area (Å²) in [4.78, 5) is 76.8. The van der Waals surface area contributed by atoms with Crippen molar-refractivity contribution in [1.29, 1.82) is 0 Å². The van der Waals surface area contributed by atoms with Gasteiger partial charge in [0.15, 0.2) is 0 Å². The van der Waals surface area contributed by atoms with Gasteiger partial charge in [0.1, 0.15) is 0 Å². The Bertz CT molecular complexity index is 2820. The Kier molecular flexibility index (Phi) is 19.3. The van der Waals surface area contributed by atoms with E-state index in [4.69, 9.17) is 0 Å². The first-order valence-electron chi connectivity index (χ1n) is 29.2. The summed E-state index contributed by atoms with van der Waals surface area (Å²) >= 11 is 8.26. The molecule has 9 heterocycles. The van der Waals surface area contributed by atoms with Crippen molar-refractivity contribution in [2.45, 2.75) is 158 Å². The maximum atomic E-state index is 15.2. The molecular formula is C64H80N4O4S5. The molecule has 4 aliphatic heterocycles. The molecule has 410 valence electrons. The molecule has 9 rings (SSSR count). The van der Waals surface area contributed by atoms with E-state index in [1.807, 2.05) is 42.5 Å². The third-order valence-corrected chi connectivity index (χ3v) is 22.0. The quantitative estimate of drug-likeness (QED) is 0.0459. The molecule has 0 saturated carbocycles. The molecule has 0 spiro atoms. The number of carbonyl (C=O) groups excluding carboxylic acids is 4. The fourth-order valence-corrected chi connectivity index (χ4v) is 16.7. The lowest BCUT2D eigenvalue weighted by atomic mass is 9.98. The molecule has 5 aromatic rings. The van der Waals surface area contributed by atoms with Crippen LogP contribution in [-0.4, -0.2) is 69.4 Å². The average molecular weight is 1130 g/mol. The molecule has 0 aromatic carbocycles. The van der Waals surface area contributed by atoms with Gasteiger partial charge >= 0.3 is 0 Å². The highest BCUT2D eigenvalue weighted by molar-refractivity contribution is 7.27. The molecule has 0 saturated heterocycles. The maximum Gasteiger partial charge on any atom is 0.261 e. The zero-order chi connectivity index (χ0) is 54.3. The van der Waals surface area contributed by atoms with Crippen molar-refractivity contribution in [2.75, 3.05) is 26.2 Å². The minimum Gasteiger partial charge on any atom is -0.306 e. The number of fused-ring (bicyclic) bond motifs is 2. The van der Waals surface area contributed by atoms with Crippen molar-refractivity contribution in [3.63, 3.8) is 0 Å². The normalized spacial score (nSPS) is 17.5. The van der Waals surface area contributed by atoms with E-state index in [2.05, 4.69) is 104 Å². The smallest absolute Gasteiger partial charge is 0.261 e. The fraction of sp³-hybridized carbons (Fsp3) is 0.500. The van der Waals surface area contributed by atoms with E-state index in [1.165, 1.54) is 0 Å². The monoisotopic (exact) mass is 1130 g/mol. The van der Waals surface area contributed by atoms with Crippen LogP contribution in [0.2, 0.25) is 0 Å². The highest BCUT2D eigenvalue weighted by Gasteiger charge is 2.52. The minimum atomic E-state index is -0.0492. The van der Waals surface area contributed by atoms with Crippen LogP contribution in [0.5, 0.6) is 0 Å². The van der Waals surface area contributed by atoms with E-state index in [9.17, 15) is 0 Å². The van der Waals surface area contributed by atoms with Crippen LogP contribution < -0.4 is 0 Å². The van der Waals surface area contributed by atoms with Crippen molar-refractivity contribution in [1.82, 2.24) is 19.6 Å². The van der Waals surface area contributed by atoms with Crippen LogP contribution in [0, 0.1) is 23.7 Å². The molecule has 4 unspecified atom stereocenters. The fourth-order valence-electron chi connectivity index (χ4n) is 11.8. The lowest BCUT2D eigenvalue weighted by molar-refractivity contribution is -0.124. The molecule has 5 aromatic heterocycles. The molecule has 13 heteroatoms. The number of rotatable bonds is 30. The molecule has 0 N–H and O–H groups in total. The van der Waals surface area contributed by atoms with Gasteiger partial charge in [0.2, 0.25) is 0 Å². The second kappa shape index (κ2) is 26.1. The van der Waals surface area contributed by atoms with Crippen molar-refractivity contribution in [2.24, 2.45) is 23.7 Å². The van der Waals surface area contributed by atoms with E-state index < -0.39 is 0 Å². The lowest BCUT2D eigenvalue weighted by Crippen LogP contribution is -2.34. The maximum absolute atomic E-state index is 15.2. The first-order valence-corrected chi connectivity index (χ1v) is 33.4. The van der Waals surface area contributed by atoms with E-state index in [-0.39, 0.29) is 23.6 Å². The van der Waals surface area contributed by atoms with E-state index >= 15 is 19.2 Å². The second-order valence-electron chi connectivity index (χ2n) is 21.7. The molecule has 0 radical (unpaired) electrons. The van der Waals surface area contributed by atoms with Gasteiger partial charge in [0.05, 0.1) is 64.6 Å². The molecule has 77 heavy (non-hydrogen) atoms. The van der Waals surface area contributed by atoms with E-state index in [0.717, 1.165) is 165 Å². The van der Waals surface area contributed by atoms with Gasteiger partial charge in [0.25, 0.3) is 23.6 Å². The number of carbonyl (C=O) groups is 4. The first kappa shape index (κ1) is 57.0. The predicted molar refractivity (Wildman–Crippen MR) is 327 cm³/mol. The van der Waals surface area contributed by atoms with Crippen LogP contribution in [-0.2, 0) is 19.2 Å². The first-order chi connectivity index (χ1) is 37.5. The lowest BCUT2D eigenvalue weighted by Gasteiger charge is -2.29. The van der Waals surface area contributed by atoms with Crippen molar-refractivity contribution in [3.05, 3.63) is 113 Å². The van der Waals surface area contributed by atoms with Crippen LogP contribution >= 0.6 is 56.7 Å². The molecule has 8 nitrogen and oxygen atoms in total. The Morgan fingerprint density at radius 1 is 0.338 bits per heavy atom. The van der Waals surface area contributed by atoms with Crippen LogP contribution in [0.1, 0.15) is 178 Å². The average Bonchev–Trinajstić information content (AvgIpc) is 4.38. The molecule has 4 amide bonds. The standard InChI is InChI=1S/C64H80N4O4S5/c1-9-17-23-41(13-5)37-65-57(49-27-21-35-73-49)53-55(63(65)71)59(67(61(53)69)39-43(15-7)25-19-11-3)51-33-31-47(76-51)45-29-30-46(75-45)48-32-34-52(77-48)60-56-54(62(70)68(60)40-44(16-8)26-20-12-4)58(50-28-22-36-74-50)66(64(56)72)38-42(14-6)24-18-10-2/h21-22,27-36,41-44H,9-20,23-26,37-40H2,1-8H3. The summed E-state index contributed by atoms with van der Waals surface area (Å²) in [7, 11) is 0. The Balaban J connectivity index is 1.08.